The zero-order valence-corrected chi connectivity index (χ0v) is 13.1. The van der Waals surface area contributed by atoms with Crippen LogP contribution in [0.1, 0.15) is 5.82 Å². The summed E-state index contributed by atoms with van der Waals surface area (Å²) in [5.74, 6) is 1.71. The van der Waals surface area contributed by atoms with Crippen molar-refractivity contribution in [2.75, 3.05) is 37.0 Å². The number of nitrogens with zero attached hydrogens (tertiary/aromatic N) is 6. The van der Waals surface area contributed by atoms with E-state index in [0.29, 0.717) is 0 Å². The van der Waals surface area contributed by atoms with Crippen LogP contribution in [0.25, 0.3) is 5.65 Å². The van der Waals surface area contributed by atoms with Crippen LogP contribution >= 0.6 is 0 Å². The molecule has 3 rings (SSSR count). The van der Waals surface area contributed by atoms with E-state index in [1.165, 1.54) is 5.69 Å². The Balaban J connectivity index is 1.68. The van der Waals surface area contributed by atoms with Crippen molar-refractivity contribution in [3.05, 3.63) is 48.3 Å². The number of aromatic nitrogens is 4. The standard InChI is InChI=1S/C16H20N6/c1-13-17-18-15-9-10-16(19-22(13)15)21(3)12-11-20(2)14-7-5-4-6-8-14/h4-10H,11-12H2,1-3H3. The summed E-state index contributed by atoms with van der Waals surface area (Å²) >= 11 is 0. The summed E-state index contributed by atoms with van der Waals surface area (Å²) in [4.78, 5) is 4.37. The number of likely N-dealkylation sites (N-methyl/N-ethyl adjacent to an activating group) is 2. The second kappa shape index (κ2) is 6.01. The number of hydrogen-bond donors (Lipinski definition) is 0. The molecule has 114 valence electrons. The highest BCUT2D eigenvalue weighted by Crippen LogP contribution is 2.13. The predicted molar refractivity (Wildman–Crippen MR) is 88.5 cm³/mol. The molecule has 0 atom stereocenters. The van der Waals surface area contributed by atoms with Crippen LogP contribution in [0.3, 0.4) is 0 Å². The maximum Gasteiger partial charge on any atom is 0.178 e. The summed E-state index contributed by atoms with van der Waals surface area (Å²) in [6.45, 7) is 3.70. The van der Waals surface area contributed by atoms with Gasteiger partial charge in [-0.15, -0.1) is 15.3 Å². The second-order valence-corrected chi connectivity index (χ2v) is 5.39. The van der Waals surface area contributed by atoms with Crippen molar-refractivity contribution >= 4 is 17.2 Å². The first-order valence-corrected chi connectivity index (χ1v) is 7.31. The first kappa shape index (κ1) is 14.3. The molecule has 22 heavy (non-hydrogen) atoms. The van der Waals surface area contributed by atoms with Gasteiger partial charge in [-0.05, 0) is 31.2 Å². The van der Waals surface area contributed by atoms with Gasteiger partial charge in [-0.1, -0.05) is 18.2 Å². The third kappa shape index (κ3) is 2.86. The molecule has 0 radical (unpaired) electrons. The summed E-state index contributed by atoms with van der Waals surface area (Å²) in [5, 5.41) is 12.7. The van der Waals surface area contributed by atoms with Crippen molar-refractivity contribution in [1.82, 2.24) is 19.8 Å². The summed E-state index contributed by atoms with van der Waals surface area (Å²) in [6.07, 6.45) is 0. The van der Waals surface area contributed by atoms with E-state index < -0.39 is 0 Å². The van der Waals surface area contributed by atoms with Crippen LogP contribution in [-0.2, 0) is 0 Å². The zero-order chi connectivity index (χ0) is 15.5. The highest BCUT2D eigenvalue weighted by molar-refractivity contribution is 5.47. The molecule has 0 N–H and O–H groups in total. The first-order valence-electron chi connectivity index (χ1n) is 7.31. The molecule has 0 aliphatic heterocycles. The minimum Gasteiger partial charge on any atom is -0.373 e. The predicted octanol–water partition coefficient (Wildman–Crippen LogP) is 2.01. The molecular weight excluding hydrogens is 276 g/mol. The van der Waals surface area contributed by atoms with Crippen LogP contribution < -0.4 is 9.80 Å². The van der Waals surface area contributed by atoms with E-state index in [1.54, 1.807) is 4.52 Å². The van der Waals surface area contributed by atoms with Crippen LogP contribution in [-0.4, -0.2) is 47.0 Å². The van der Waals surface area contributed by atoms with Gasteiger partial charge in [0.2, 0.25) is 0 Å². The number of para-hydroxylation sites is 1. The van der Waals surface area contributed by atoms with Crippen LogP contribution in [0.4, 0.5) is 11.5 Å². The lowest BCUT2D eigenvalue weighted by Crippen LogP contribution is -2.31. The molecule has 0 spiro atoms. The molecule has 0 fully saturated rings. The van der Waals surface area contributed by atoms with Gasteiger partial charge >= 0.3 is 0 Å². The third-order valence-electron chi connectivity index (χ3n) is 3.76. The van der Waals surface area contributed by atoms with E-state index in [-0.39, 0.29) is 0 Å². The van der Waals surface area contributed by atoms with Gasteiger partial charge in [-0.2, -0.15) is 4.52 Å². The Hall–Kier alpha value is -2.63. The number of fused-ring (bicyclic) bond motifs is 1. The van der Waals surface area contributed by atoms with Crippen LogP contribution in [0.15, 0.2) is 42.5 Å². The van der Waals surface area contributed by atoms with E-state index in [9.17, 15) is 0 Å². The zero-order valence-electron chi connectivity index (χ0n) is 13.1. The molecule has 0 unspecified atom stereocenters. The van der Waals surface area contributed by atoms with Crippen molar-refractivity contribution < 1.29 is 0 Å². The molecular formula is C16H20N6. The summed E-state index contributed by atoms with van der Waals surface area (Å²) < 4.78 is 1.77. The Morgan fingerprint density at radius 3 is 2.41 bits per heavy atom. The molecule has 0 bridgehead atoms. The average molecular weight is 296 g/mol. The van der Waals surface area contributed by atoms with E-state index in [1.807, 2.05) is 32.2 Å². The monoisotopic (exact) mass is 296 g/mol. The Bertz CT molecular complexity index is 752. The van der Waals surface area contributed by atoms with Crippen LogP contribution in [0.2, 0.25) is 0 Å². The highest BCUT2D eigenvalue weighted by atomic mass is 15.4. The van der Waals surface area contributed by atoms with Crippen molar-refractivity contribution in [1.29, 1.82) is 0 Å². The summed E-state index contributed by atoms with van der Waals surface area (Å²) in [7, 11) is 4.15. The SMILES string of the molecule is Cc1nnc2ccc(N(C)CCN(C)c3ccccc3)nn12. The maximum atomic E-state index is 4.58. The number of benzene rings is 1. The van der Waals surface area contributed by atoms with Gasteiger partial charge in [0.05, 0.1) is 0 Å². The van der Waals surface area contributed by atoms with E-state index in [2.05, 4.69) is 56.4 Å². The molecule has 6 nitrogen and oxygen atoms in total. The molecule has 1 aromatic carbocycles. The fraction of sp³-hybridized carbons (Fsp3) is 0.312. The lowest BCUT2D eigenvalue weighted by atomic mass is 10.3. The van der Waals surface area contributed by atoms with E-state index in [0.717, 1.165) is 30.4 Å². The van der Waals surface area contributed by atoms with Gasteiger partial charge in [0.25, 0.3) is 0 Å². The molecule has 0 amide bonds. The fourth-order valence-corrected chi connectivity index (χ4v) is 2.32. The maximum absolute atomic E-state index is 4.58. The lowest BCUT2D eigenvalue weighted by Gasteiger charge is -2.24. The van der Waals surface area contributed by atoms with Crippen molar-refractivity contribution in [3.63, 3.8) is 0 Å². The second-order valence-electron chi connectivity index (χ2n) is 5.39. The number of anilines is 2. The molecule has 0 aliphatic carbocycles. The van der Waals surface area contributed by atoms with Crippen molar-refractivity contribution in [2.24, 2.45) is 0 Å². The molecule has 2 aromatic heterocycles. The number of hydrogen-bond acceptors (Lipinski definition) is 5. The fourth-order valence-electron chi connectivity index (χ4n) is 2.32. The van der Waals surface area contributed by atoms with Crippen molar-refractivity contribution in [3.8, 4) is 0 Å². The smallest absolute Gasteiger partial charge is 0.178 e. The average Bonchev–Trinajstić information content (AvgIpc) is 2.94. The van der Waals surface area contributed by atoms with E-state index in [4.69, 9.17) is 0 Å². The molecule has 0 aliphatic rings. The van der Waals surface area contributed by atoms with Gasteiger partial charge in [-0.25, -0.2) is 0 Å². The number of rotatable bonds is 5. The van der Waals surface area contributed by atoms with Gasteiger partial charge in [0.15, 0.2) is 11.5 Å². The highest BCUT2D eigenvalue weighted by Gasteiger charge is 2.08. The number of aryl methyl sites for hydroxylation is 1. The Kier molecular flexibility index (Phi) is 3.91. The first-order chi connectivity index (χ1) is 10.6. The Morgan fingerprint density at radius 2 is 1.64 bits per heavy atom. The molecule has 0 saturated carbocycles. The normalized spacial score (nSPS) is 10.9. The molecule has 3 aromatic rings. The minimum absolute atomic E-state index is 0.774. The Morgan fingerprint density at radius 1 is 0.909 bits per heavy atom. The van der Waals surface area contributed by atoms with Crippen LogP contribution in [0, 0.1) is 6.92 Å². The van der Waals surface area contributed by atoms with Gasteiger partial charge in [-0.3, -0.25) is 0 Å². The van der Waals surface area contributed by atoms with E-state index >= 15 is 0 Å². The van der Waals surface area contributed by atoms with Gasteiger partial charge < -0.3 is 9.80 Å². The quantitative estimate of drug-likeness (QED) is 0.721. The summed E-state index contributed by atoms with van der Waals surface area (Å²) in [6, 6.07) is 14.3. The minimum atomic E-state index is 0.774. The topological polar surface area (TPSA) is 49.6 Å². The van der Waals surface area contributed by atoms with Crippen molar-refractivity contribution in [2.45, 2.75) is 6.92 Å². The molecule has 2 heterocycles. The Labute approximate surface area is 130 Å². The lowest BCUT2D eigenvalue weighted by molar-refractivity contribution is 0.791. The van der Waals surface area contributed by atoms with Gasteiger partial charge in [0.1, 0.15) is 5.82 Å². The van der Waals surface area contributed by atoms with Crippen LogP contribution in [0.5, 0.6) is 0 Å². The summed E-state index contributed by atoms with van der Waals surface area (Å²) in [5.41, 5.74) is 1.99. The van der Waals surface area contributed by atoms with Gasteiger partial charge in [0, 0.05) is 32.9 Å². The largest absolute Gasteiger partial charge is 0.373 e. The molecule has 0 saturated heterocycles. The molecule has 6 heteroatoms. The third-order valence-corrected chi connectivity index (χ3v) is 3.76.